The Morgan fingerprint density at radius 1 is 1.00 bits per heavy atom. The molecule has 0 saturated heterocycles. The van der Waals surface area contributed by atoms with Crippen molar-refractivity contribution in [3.05, 3.63) is 66.4 Å². The van der Waals surface area contributed by atoms with E-state index in [0.29, 0.717) is 5.92 Å². The van der Waals surface area contributed by atoms with Crippen LogP contribution in [0.4, 0.5) is 0 Å². The summed E-state index contributed by atoms with van der Waals surface area (Å²) in [5, 5.41) is 1.21. The second-order valence-corrected chi connectivity index (χ2v) is 4.08. The van der Waals surface area contributed by atoms with Crippen molar-refractivity contribution >= 4 is 10.9 Å². The lowest BCUT2D eigenvalue weighted by Crippen LogP contribution is -1.99. The first-order chi connectivity index (χ1) is 7.93. The van der Waals surface area contributed by atoms with Crippen LogP contribution >= 0.6 is 0 Å². The Balaban J connectivity index is 2.05. The van der Waals surface area contributed by atoms with Crippen LogP contribution in [0.25, 0.3) is 10.9 Å². The number of hydrogen-bond donors (Lipinski definition) is 0. The van der Waals surface area contributed by atoms with Gasteiger partial charge in [-0.05, 0) is 18.6 Å². The van der Waals surface area contributed by atoms with Gasteiger partial charge in [-0.3, -0.25) is 4.98 Å². The third kappa shape index (κ3) is 1.65. The molecule has 1 unspecified atom stereocenters. The quantitative estimate of drug-likeness (QED) is 0.692. The number of aromatic nitrogens is 1. The van der Waals surface area contributed by atoms with Gasteiger partial charge in [0.15, 0.2) is 0 Å². The van der Waals surface area contributed by atoms with Crippen LogP contribution in [0.5, 0.6) is 0 Å². The highest BCUT2D eigenvalue weighted by atomic mass is 14.7. The first-order valence-corrected chi connectivity index (χ1v) is 5.62. The molecular weight excluding hydrogens is 194 g/mol. The highest BCUT2D eigenvalue weighted by Gasteiger charge is 2.09. The molecule has 1 aromatic heterocycles. The minimum absolute atomic E-state index is 0.439. The second kappa shape index (κ2) is 3.93. The molecule has 0 radical (unpaired) electrons. The van der Waals surface area contributed by atoms with Gasteiger partial charge in [-0.1, -0.05) is 48.6 Å². The van der Waals surface area contributed by atoms with Crippen molar-refractivity contribution in [1.82, 2.24) is 4.98 Å². The van der Waals surface area contributed by atoms with Gasteiger partial charge >= 0.3 is 0 Å². The Kier molecular flexibility index (Phi) is 2.30. The molecule has 1 nitrogen and oxygen atoms in total. The molecule has 0 aliphatic heterocycles. The summed E-state index contributed by atoms with van der Waals surface area (Å²) in [5.74, 6) is 0.439. The number of fused-ring (bicyclic) bond motifs is 1. The van der Waals surface area contributed by atoms with Crippen molar-refractivity contribution in [3.63, 3.8) is 0 Å². The standard InChI is InChI=1S/C15H13N/c1-2-6-12(7-3-1)15-11-10-13-8-4-5-9-14(13)16-15/h1-6,8-12H,7H2. The Bertz CT molecular complexity index is 566. The van der Waals surface area contributed by atoms with Gasteiger partial charge in [0.25, 0.3) is 0 Å². The van der Waals surface area contributed by atoms with Gasteiger partial charge in [-0.25, -0.2) is 0 Å². The summed E-state index contributed by atoms with van der Waals surface area (Å²) in [7, 11) is 0. The minimum Gasteiger partial charge on any atom is -0.252 e. The van der Waals surface area contributed by atoms with Crippen molar-refractivity contribution in [2.75, 3.05) is 0 Å². The lowest BCUT2D eigenvalue weighted by molar-refractivity contribution is 0.822. The van der Waals surface area contributed by atoms with Crippen LogP contribution < -0.4 is 0 Å². The zero-order valence-electron chi connectivity index (χ0n) is 9.01. The number of pyridine rings is 1. The van der Waals surface area contributed by atoms with Gasteiger partial charge in [0.05, 0.1) is 5.52 Å². The van der Waals surface area contributed by atoms with Gasteiger partial charge in [0.2, 0.25) is 0 Å². The molecule has 1 heterocycles. The van der Waals surface area contributed by atoms with E-state index in [1.54, 1.807) is 0 Å². The summed E-state index contributed by atoms with van der Waals surface area (Å²) in [6.45, 7) is 0. The number of benzene rings is 1. The van der Waals surface area contributed by atoms with E-state index < -0.39 is 0 Å². The van der Waals surface area contributed by atoms with Gasteiger partial charge < -0.3 is 0 Å². The van der Waals surface area contributed by atoms with E-state index in [1.165, 1.54) is 11.1 Å². The van der Waals surface area contributed by atoms with Crippen molar-refractivity contribution < 1.29 is 0 Å². The predicted molar refractivity (Wildman–Crippen MR) is 67.4 cm³/mol. The van der Waals surface area contributed by atoms with E-state index in [-0.39, 0.29) is 0 Å². The van der Waals surface area contributed by atoms with Gasteiger partial charge in [-0.15, -0.1) is 0 Å². The SMILES string of the molecule is C1=CCC(c2ccc3ccccc3n2)C=C1. The monoisotopic (exact) mass is 207 g/mol. The molecule has 16 heavy (non-hydrogen) atoms. The van der Waals surface area contributed by atoms with E-state index >= 15 is 0 Å². The molecular formula is C15H13N. The zero-order chi connectivity index (χ0) is 10.8. The van der Waals surface area contributed by atoms with E-state index in [2.05, 4.69) is 48.6 Å². The van der Waals surface area contributed by atoms with E-state index in [0.717, 1.165) is 11.9 Å². The average Bonchev–Trinajstić information content (AvgIpc) is 2.39. The summed E-state index contributed by atoms with van der Waals surface area (Å²) < 4.78 is 0. The molecule has 78 valence electrons. The van der Waals surface area contributed by atoms with Crippen LogP contribution in [0, 0.1) is 0 Å². The maximum atomic E-state index is 4.71. The third-order valence-electron chi connectivity index (χ3n) is 2.98. The Morgan fingerprint density at radius 3 is 2.81 bits per heavy atom. The Labute approximate surface area is 95.1 Å². The van der Waals surface area contributed by atoms with Crippen molar-refractivity contribution in [2.45, 2.75) is 12.3 Å². The van der Waals surface area contributed by atoms with Crippen LogP contribution in [0.2, 0.25) is 0 Å². The third-order valence-corrected chi connectivity index (χ3v) is 2.98. The summed E-state index contributed by atoms with van der Waals surface area (Å²) >= 11 is 0. The molecule has 1 atom stereocenters. The van der Waals surface area contributed by atoms with Crippen molar-refractivity contribution in [3.8, 4) is 0 Å². The average molecular weight is 207 g/mol. The van der Waals surface area contributed by atoms with Crippen LogP contribution in [0.3, 0.4) is 0 Å². The number of rotatable bonds is 1. The number of hydrogen-bond acceptors (Lipinski definition) is 1. The molecule has 0 N–H and O–H groups in total. The topological polar surface area (TPSA) is 12.9 Å². The van der Waals surface area contributed by atoms with Crippen LogP contribution in [-0.4, -0.2) is 4.98 Å². The molecule has 1 aliphatic rings. The van der Waals surface area contributed by atoms with Gasteiger partial charge in [0.1, 0.15) is 0 Å². The lowest BCUT2D eigenvalue weighted by Gasteiger charge is -2.12. The van der Waals surface area contributed by atoms with Crippen LogP contribution in [0.1, 0.15) is 18.0 Å². The molecule has 0 amide bonds. The molecule has 0 saturated carbocycles. The first kappa shape index (κ1) is 9.34. The summed E-state index contributed by atoms with van der Waals surface area (Å²) in [6, 6.07) is 12.5. The molecule has 1 heteroatoms. The maximum Gasteiger partial charge on any atom is 0.0705 e. The molecule has 2 aromatic rings. The minimum atomic E-state index is 0.439. The largest absolute Gasteiger partial charge is 0.252 e. The fourth-order valence-corrected chi connectivity index (χ4v) is 2.09. The maximum absolute atomic E-state index is 4.71. The molecule has 1 aromatic carbocycles. The van der Waals surface area contributed by atoms with E-state index in [4.69, 9.17) is 4.98 Å². The van der Waals surface area contributed by atoms with E-state index in [1.807, 2.05) is 12.1 Å². The zero-order valence-corrected chi connectivity index (χ0v) is 9.01. The molecule has 0 spiro atoms. The normalized spacial score (nSPS) is 19.1. The summed E-state index contributed by atoms with van der Waals surface area (Å²) in [5.41, 5.74) is 2.25. The summed E-state index contributed by atoms with van der Waals surface area (Å²) in [6.07, 6.45) is 9.67. The number of para-hydroxylation sites is 1. The highest BCUT2D eigenvalue weighted by molar-refractivity contribution is 5.78. The number of allylic oxidation sites excluding steroid dienone is 4. The smallest absolute Gasteiger partial charge is 0.0705 e. The predicted octanol–water partition coefficient (Wildman–Crippen LogP) is 3.83. The molecule has 1 aliphatic carbocycles. The fraction of sp³-hybridized carbons (Fsp3) is 0.133. The first-order valence-electron chi connectivity index (χ1n) is 5.62. The lowest BCUT2D eigenvalue weighted by atomic mass is 9.96. The molecule has 3 rings (SSSR count). The highest BCUT2D eigenvalue weighted by Crippen LogP contribution is 2.24. The Hall–Kier alpha value is -1.89. The fourth-order valence-electron chi connectivity index (χ4n) is 2.09. The van der Waals surface area contributed by atoms with Crippen LogP contribution in [0.15, 0.2) is 60.7 Å². The van der Waals surface area contributed by atoms with Gasteiger partial charge in [0, 0.05) is 17.0 Å². The summed E-state index contributed by atoms with van der Waals surface area (Å²) in [4.78, 5) is 4.71. The Morgan fingerprint density at radius 2 is 1.94 bits per heavy atom. The van der Waals surface area contributed by atoms with Crippen molar-refractivity contribution in [1.29, 1.82) is 0 Å². The second-order valence-electron chi connectivity index (χ2n) is 4.08. The van der Waals surface area contributed by atoms with Crippen molar-refractivity contribution in [2.24, 2.45) is 0 Å². The molecule has 0 bridgehead atoms. The van der Waals surface area contributed by atoms with E-state index in [9.17, 15) is 0 Å². The molecule has 0 fully saturated rings. The number of nitrogens with zero attached hydrogens (tertiary/aromatic N) is 1. The van der Waals surface area contributed by atoms with Gasteiger partial charge in [-0.2, -0.15) is 0 Å². The van der Waals surface area contributed by atoms with Crippen LogP contribution in [-0.2, 0) is 0 Å².